The van der Waals surface area contributed by atoms with E-state index in [4.69, 9.17) is 0 Å². The van der Waals surface area contributed by atoms with Crippen LogP contribution in [0.4, 0.5) is 13.2 Å². The third kappa shape index (κ3) is 1.22. The van der Waals surface area contributed by atoms with E-state index < -0.39 is 28.8 Å². The molecule has 0 heterocycles. The fourth-order valence-corrected chi connectivity index (χ4v) is 1.72. The largest absolute Gasteiger partial charge is 0.294 e. The van der Waals surface area contributed by atoms with Crippen molar-refractivity contribution in [3.05, 3.63) is 34.6 Å². The van der Waals surface area contributed by atoms with Crippen molar-refractivity contribution in [2.24, 2.45) is 0 Å². The molecule has 0 radical (unpaired) electrons. The Morgan fingerprint density at radius 2 is 1.79 bits per heavy atom. The summed E-state index contributed by atoms with van der Waals surface area (Å²) in [6.45, 7) is 0. The molecule has 1 nitrogen and oxygen atoms in total. The van der Waals surface area contributed by atoms with Crippen LogP contribution in [-0.2, 0) is 6.42 Å². The summed E-state index contributed by atoms with van der Waals surface area (Å²) in [7, 11) is 0. The zero-order chi connectivity index (χ0) is 10.3. The van der Waals surface area contributed by atoms with Crippen LogP contribution in [0.5, 0.6) is 0 Å². The van der Waals surface area contributed by atoms with Crippen LogP contribution < -0.4 is 0 Å². The highest BCUT2D eigenvalue weighted by molar-refractivity contribution is 5.98. The van der Waals surface area contributed by atoms with Crippen molar-refractivity contribution in [3.63, 3.8) is 0 Å². The highest BCUT2D eigenvalue weighted by Crippen LogP contribution is 2.27. The lowest BCUT2D eigenvalue weighted by Gasteiger charge is -2.15. The van der Waals surface area contributed by atoms with E-state index in [0.29, 0.717) is 18.9 Å². The van der Waals surface area contributed by atoms with Gasteiger partial charge in [0.05, 0.1) is 5.56 Å². The van der Waals surface area contributed by atoms with Crippen molar-refractivity contribution in [2.45, 2.75) is 19.3 Å². The minimum atomic E-state index is -1.29. The summed E-state index contributed by atoms with van der Waals surface area (Å²) < 4.78 is 39.1. The zero-order valence-corrected chi connectivity index (χ0v) is 7.24. The van der Waals surface area contributed by atoms with Gasteiger partial charge in [-0.15, -0.1) is 0 Å². The van der Waals surface area contributed by atoms with Gasteiger partial charge in [0.2, 0.25) is 0 Å². The number of ketones is 1. The average molecular weight is 200 g/mol. The molecular formula is C10H7F3O. The van der Waals surface area contributed by atoms with Gasteiger partial charge in [0, 0.05) is 18.1 Å². The molecule has 14 heavy (non-hydrogen) atoms. The number of halogens is 3. The molecular weight excluding hydrogens is 193 g/mol. The standard InChI is InChI=1S/C10H7F3O/c11-6-4-7(12)10(13)9-5(6)2-1-3-8(9)14/h4H,1-3H2. The molecule has 1 aromatic rings. The molecule has 1 aromatic carbocycles. The van der Waals surface area contributed by atoms with Crippen LogP contribution in [0.2, 0.25) is 0 Å². The molecule has 0 aliphatic heterocycles. The average Bonchev–Trinajstić information content (AvgIpc) is 2.14. The van der Waals surface area contributed by atoms with Gasteiger partial charge in [-0.05, 0) is 12.8 Å². The van der Waals surface area contributed by atoms with E-state index in [1.165, 1.54) is 0 Å². The second kappa shape index (κ2) is 3.12. The molecule has 2 rings (SSSR count). The summed E-state index contributed by atoms with van der Waals surface area (Å²) in [5, 5.41) is 0. The number of carbonyl (C=O) groups is 1. The third-order valence-electron chi connectivity index (χ3n) is 2.38. The van der Waals surface area contributed by atoms with Gasteiger partial charge in [0.15, 0.2) is 17.4 Å². The summed E-state index contributed by atoms with van der Waals surface area (Å²) in [6.07, 6.45) is 0.949. The predicted octanol–water partition coefficient (Wildman–Crippen LogP) is 2.62. The van der Waals surface area contributed by atoms with Gasteiger partial charge in [-0.3, -0.25) is 4.79 Å². The smallest absolute Gasteiger partial charge is 0.170 e. The minimum Gasteiger partial charge on any atom is -0.294 e. The lowest BCUT2D eigenvalue weighted by atomic mass is 9.90. The fourth-order valence-electron chi connectivity index (χ4n) is 1.72. The SMILES string of the molecule is O=C1CCCc2c(F)cc(F)c(F)c21. The van der Waals surface area contributed by atoms with Crippen molar-refractivity contribution < 1.29 is 18.0 Å². The summed E-state index contributed by atoms with van der Waals surface area (Å²) in [5.74, 6) is -3.85. The van der Waals surface area contributed by atoms with Crippen molar-refractivity contribution in [1.29, 1.82) is 0 Å². The van der Waals surface area contributed by atoms with Crippen molar-refractivity contribution in [1.82, 2.24) is 0 Å². The van der Waals surface area contributed by atoms with Crippen LogP contribution in [0, 0.1) is 17.5 Å². The Bertz CT molecular complexity index is 412. The van der Waals surface area contributed by atoms with E-state index in [2.05, 4.69) is 0 Å². The van der Waals surface area contributed by atoms with E-state index in [1.807, 2.05) is 0 Å². The predicted molar refractivity (Wildman–Crippen MR) is 43.6 cm³/mol. The number of rotatable bonds is 0. The monoisotopic (exact) mass is 200 g/mol. The van der Waals surface area contributed by atoms with Gasteiger partial charge in [-0.2, -0.15) is 0 Å². The Kier molecular flexibility index (Phi) is 2.06. The van der Waals surface area contributed by atoms with Gasteiger partial charge in [-0.1, -0.05) is 0 Å². The molecule has 0 saturated carbocycles. The van der Waals surface area contributed by atoms with Crippen LogP contribution in [0.25, 0.3) is 0 Å². The lowest BCUT2D eigenvalue weighted by Crippen LogP contribution is -2.16. The van der Waals surface area contributed by atoms with Gasteiger partial charge in [0.1, 0.15) is 5.82 Å². The number of fused-ring (bicyclic) bond motifs is 1. The maximum Gasteiger partial charge on any atom is 0.170 e. The summed E-state index contributed by atoms with van der Waals surface area (Å²) >= 11 is 0. The Morgan fingerprint density at radius 3 is 2.50 bits per heavy atom. The van der Waals surface area contributed by atoms with Crippen molar-refractivity contribution >= 4 is 5.78 Å². The lowest BCUT2D eigenvalue weighted by molar-refractivity contribution is 0.0965. The molecule has 0 saturated heterocycles. The van der Waals surface area contributed by atoms with Crippen LogP contribution >= 0.6 is 0 Å². The van der Waals surface area contributed by atoms with Crippen LogP contribution in [0.1, 0.15) is 28.8 Å². The van der Waals surface area contributed by atoms with E-state index in [-0.39, 0.29) is 12.0 Å². The molecule has 0 atom stereocenters. The van der Waals surface area contributed by atoms with Gasteiger partial charge < -0.3 is 0 Å². The number of carbonyl (C=O) groups excluding carboxylic acids is 1. The molecule has 0 unspecified atom stereocenters. The second-order valence-electron chi connectivity index (χ2n) is 3.28. The van der Waals surface area contributed by atoms with E-state index >= 15 is 0 Å². The van der Waals surface area contributed by atoms with Crippen molar-refractivity contribution in [3.8, 4) is 0 Å². The third-order valence-corrected chi connectivity index (χ3v) is 2.38. The maximum absolute atomic E-state index is 13.2. The Hall–Kier alpha value is -1.32. The maximum atomic E-state index is 13.2. The fraction of sp³-hybridized carbons (Fsp3) is 0.300. The molecule has 0 bridgehead atoms. The summed E-state index contributed by atoms with van der Waals surface area (Å²) in [4.78, 5) is 11.2. The second-order valence-corrected chi connectivity index (χ2v) is 3.28. The summed E-state index contributed by atoms with van der Waals surface area (Å²) in [6, 6.07) is 0.493. The molecule has 0 fully saturated rings. The molecule has 4 heteroatoms. The molecule has 0 N–H and O–H groups in total. The zero-order valence-electron chi connectivity index (χ0n) is 7.24. The van der Waals surface area contributed by atoms with Crippen LogP contribution in [-0.4, -0.2) is 5.78 Å². The minimum absolute atomic E-state index is 0.0140. The first-order chi connectivity index (χ1) is 6.61. The first kappa shape index (κ1) is 9.24. The van der Waals surface area contributed by atoms with Gasteiger partial charge in [-0.25, -0.2) is 13.2 Å². The van der Waals surface area contributed by atoms with Gasteiger partial charge in [0.25, 0.3) is 0 Å². The first-order valence-electron chi connectivity index (χ1n) is 4.31. The number of Topliss-reactive ketones (excluding diaryl/α,β-unsaturated/α-hetero) is 1. The molecule has 0 amide bonds. The Morgan fingerprint density at radius 1 is 1.07 bits per heavy atom. The first-order valence-corrected chi connectivity index (χ1v) is 4.31. The molecule has 1 aliphatic rings. The van der Waals surface area contributed by atoms with Gasteiger partial charge >= 0.3 is 0 Å². The topological polar surface area (TPSA) is 17.1 Å². The molecule has 0 aromatic heterocycles. The van der Waals surface area contributed by atoms with Crippen LogP contribution in [0.15, 0.2) is 6.07 Å². The highest BCUT2D eigenvalue weighted by Gasteiger charge is 2.26. The normalized spacial score (nSPS) is 15.5. The summed E-state index contributed by atoms with van der Waals surface area (Å²) in [5.41, 5.74) is -0.381. The highest BCUT2D eigenvalue weighted by atomic mass is 19.2. The van der Waals surface area contributed by atoms with E-state index in [1.54, 1.807) is 0 Å². The number of hydrogen-bond acceptors (Lipinski definition) is 1. The van der Waals surface area contributed by atoms with E-state index in [9.17, 15) is 18.0 Å². The van der Waals surface area contributed by atoms with Crippen molar-refractivity contribution in [2.75, 3.05) is 0 Å². The Balaban J connectivity index is 2.73. The quantitative estimate of drug-likeness (QED) is 0.588. The molecule has 1 aliphatic carbocycles. The van der Waals surface area contributed by atoms with E-state index in [0.717, 1.165) is 0 Å². The number of benzene rings is 1. The number of hydrogen-bond donors (Lipinski definition) is 0. The molecule has 74 valence electrons. The van der Waals surface area contributed by atoms with Crippen LogP contribution in [0.3, 0.4) is 0 Å². The molecule has 0 spiro atoms. The Labute approximate surface area is 78.5 Å².